The zero-order chi connectivity index (χ0) is 25.3. The molecule has 0 aliphatic rings. The van der Waals surface area contributed by atoms with Crippen molar-refractivity contribution in [1.82, 2.24) is 4.98 Å². The van der Waals surface area contributed by atoms with Crippen LogP contribution in [0.15, 0.2) is 48.5 Å². The lowest BCUT2D eigenvalue weighted by molar-refractivity contribution is 0.0601. The molecule has 178 valence electrons. The Morgan fingerprint density at radius 1 is 0.886 bits per heavy atom. The Morgan fingerprint density at radius 2 is 1.60 bits per heavy atom. The number of esters is 2. The van der Waals surface area contributed by atoms with E-state index in [1.165, 1.54) is 14.2 Å². The SMILES string of the molecule is COC(=O)c1sc(NC(=O)c2cc(-c3ccc(C)c(C)c3)nc3ccccc23)c(C(=O)OC)c1C. The highest BCUT2D eigenvalue weighted by Crippen LogP contribution is 2.35. The number of para-hydroxylation sites is 1. The maximum Gasteiger partial charge on any atom is 0.348 e. The number of rotatable bonds is 5. The van der Waals surface area contributed by atoms with Crippen LogP contribution < -0.4 is 5.32 Å². The van der Waals surface area contributed by atoms with Crippen molar-refractivity contribution < 1.29 is 23.9 Å². The number of fused-ring (bicyclic) bond motifs is 1. The maximum atomic E-state index is 13.6. The van der Waals surface area contributed by atoms with Gasteiger partial charge in [-0.05, 0) is 55.7 Å². The molecule has 0 saturated carbocycles. The fraction of sp³-hybridized carbons (Fsp3) is 0.185. The molecule has 0 bridgehead atoms. The van der Waals surface area contributed by atoms with Gasteiger partial charge in [0.05, 0.1) is 36.6 Å². The van der Waals surface area contributed by atoms with Crippen molar-refractivity contribution in [1.29, 1.82) is 0 Å². The predicted octanol–water partition coefficient (Wildman–Crippen LogP) is 5.71. The number of nitrogens with zero attached hydrogens (tertiary/aromatic N) is 1. The Labute approximate surface area is 206 Å². The zero-order valence-electron chi connectivity index (χ0n) is 20.0. The van der Waals surface area contributed by atoms with Crippen molar-refractivity contribution in [3.8, 4) is 11.3 Å². The van der Waals surface area contributed by atoms with E-state index in [1.54, 1.807) is 13.0 Å². The van der Waals surface area contributed by atoms with Gasteiger partial charge < -0.3 is 14.8 Å². The van der Waals surface area contributed by atoms with Crippen molar-refractivity contribution in [2.45, 2.75) is 20.8 Å². The van der Waals surface area contributed by atoms with Gasteiger partial charge in [0, 0.05) is 10.9 Å². The zero-order valence-corrected chi connectivity index (χ0v) is 20.8. The predicted molar refractivity (Wildman–Crippen MR) is 136 cm³/mol. The van der Waals surface area contributed by atoms with E-state index < -0.39 is 17.8 Å². The summed E-state index contributed by atoms with van der Waals surface area (Å²) in [5, 5.41) is 3.70. The quantitative estimate of drug-likeness (QED) is 0.361. The molecule has 0 radical (unpaired) electrons. The summed E-state index contributed by atoms with van der Waals surface area (Å²) >= 11 is 0.972. The fourth-order valence-electron chi connectivity index (χ4n) is 3.82. The number of thiophene rings is 1. The van der Waals surface area contributed by atoms with Crippen molar-refractivity contribution in [2.24, 2.45) is 0 Å². The number of benzene rings is 2. The van der Waals surface area contributed by atoms with E-state index in [1.807, 2.05) is 56.3 Å². The third-order valence-electron chi connectivity index (χ3n) is 5.90. The molecule has 4 rings (SSSR count). The highest BCUT2D eigenvalue weighted by molar-refractivity contribution is 7.18. The molecule has 0 aliphatic carbocycles. The van der Waals surface area contributed by atoms with Gasteiger partial charge in [0.1, 0.15) is 9.88 Å². The van der Waals surface area contributed by atoms with E-state index in [4.69, 9.17) is 14.5 Å². The molecule has 35 heavy (non-hydrogen) atoms. The molecule has 0 atom stereocenters. The lowest BCUT2D eigenvalue weighted by atomic mass is 10.0. The first kappa shape index (κ1) is 24.1. The van der Waals surface area contributed by atoms with Gasteiger partial charge in [0.15, 0.2) is 0 Å². The number of pyridine rings is 1. The minimum atomic E-state index is -0.653. The van der Waals surface area contributed by atoms with Crippen LogP contribution >= 0.6 is 11.3 Å². The largest absolute Gasteiger partial charge is 0.465 e. The first-order valence-electron chi connectivity index (χ1n) is 10.8. The summed E-state index contributed by atoms with van der Waals surface area (Å²) in [6.07, 6.45) is 0. The number of ether oxygens (including phenoxy) is 2. The number of methoxy groups -OCH3 is 2. The van der Waals surface area contributed by atoms with Crippen LogP contribution in [-0.4, -0.2) is 37.0 Å². The maximum absolute atomic E-state index is 13.6. The van der Waals surface area contributed by atoms with Crippen molar-refractivity contribution in [3.05, 3.63) is 81.2 Å². The van der Waals surface area contributed by atoms with E-state index in [-0.39, 0.29) is 15.4 Å². The second-order valence-corrected chi connectivity index (χ2v) is 9.09. The van der Waals surface area contributed by atoms with Crippen LogP contribution in [0, 0.1) is 20.8 Å². The molecule has 0 unspecified atom stereocenters. The van der Waals surface area contributed by atoms with Gasteiger partial charge in [-0.2, -0.15) is 0 Å². The third-order valence-corrected chi connectivity index (χ3v) is 7.08. The molecule has 2 aromatic carbocycles. The van der Waals surface area contributed by atoms with Crippen molar-refractivity contribution in [3.63, 3.8) is 0 Å². The molecule has 1 N–H and O–H groups in total. The summed E-state index contributed by atoms with van der Waals surface area (Å²) in [5.41, 5.74) is 5.40. The molecule has 0 saturated heterocycles. The molecular formula is C27H24N2O5S. The molecule has 2 aromatic heterocycles. The average molecular weight is 489 g/mol. The molecule has 2 heterocycles. The summed E-state index contributed by atoms with van der Waals surface area (Å²) < 4.78 is 9.72. The lowest BCUT2D eigenvalue weighted by Crippen LogP contribution is -2.15. The summed E-state index contributed by atoms with van der Waals surface area (Å²) in [5.74, 6) is -1.68. The van der Waals surface area contributed by atoms with Crippen LogP contribution in [0.25, 0.3) is 22.2 Å². The molecule has 8 heteroatoms. The average Bonchev–Trinajstić information content (AvgIpc) is 3.19. The smallest absolute Gasteiger partial charge is 0.348 e. The van der Waals surface area contributed by atoms with Gasteiger partial charge in [0.2, 0.25) is 0 Å². The summed E-state index contributed by atoms with van der Waals surface area (Å²) in [6.45, 7) is 5.68. The van der Waals surface area contributed by atoms with E-state index in [0.717, 1.165) is 28.0 Å². The van der Waals surface area contributed by atoms with Gasteiger partial charge in [-0.1, -0.05) is 30.3 Å². The number of nitrogens with one attached hydrogen (secondary N) is 1. The number of hydrogen-bond acceptors (Lipinski definition) is 7. The van der Waals surface area contributed by atoms with Crippen LogP contribution in [-0.2, 0) is 9.47 Å². The van der Waals surface area contributed by atoms with Crippen molar-refractivity contribution in [2.75, 3.05) is 19.5 Å². The van der Waals surface area contributed by atoms with Crippen LogP contribution in [0.5, 0.6) is 0 Å². The molecule has 7 nitrogen and oxygen atoms in total. The van der Waals surface area contributed by atoms with Crippen LogP contribution in [0.2, 0.25) is 0 Å². The Morgan fingerprint density at radius 3 is 2.29 bits per heavy atom. The Hall–Kier alpha value is -4.04. The number of amides is 1. The molecule has 0 aliphatic heterocycles. The Bertz CT molecular complexity index is 1490. The lowest BCUT2D eigenvalue weighted by Gasteiger charge is -2.12. The highest BCUT2D eigenvalue weighted by atomic mass is 32.1. The van der Waals surface area contributed by atoms with E-state index in [2.05, 4.69) is 5.32 Å². The van der Waals surface area contributed by atoms with Gasteiger partial charge in [0.25, 0.3) is 5.91 Å². The molecule has 4 aromatic rings. The van der Waals surface area contributed by atoms with Crippen molar-refractivity contribution >= 4 is 45.1 Å². The molecule has 0 spiro atoms. The van der Waals surface area contributed by atoms with E-state index in [9.17, 15) is 14.4 Å². The second-order valence-electron chi connectivity index (χ2n) is 8.07. The minimum Gasteiger partial charge on any atom is -0.465 e. The second kappa shape index (κ2) is 9.68. The molecular weight excluding hydrogens is 464 g/mol. The number of carbonyl (C=O) groups is 3. The first-order chi connectivity index (χ1) is 16.7. The normalized spacial score (nSPS) is 10.8. The number of carbonyl (C=O) groups excluding carboxylic acids is 3. The van der Waals surface area contributed by atoms with Gasteiger partial charge in [-0.3, -0.25) is 4.79 Å². The van der Waals surface area contributed by atoms with Gasteiger partial charge in [-0.25, -0.2) is 14.6 Å². The van der Waals surface area contributed by atoms with Crippen LogP contribution in [0.1, 0.15) is 47.1 Å². The Balaban J connectivity index is 1.83. The topological polar surface area (TPSA) is 94.6 Å². The van der Waals surface area contributed by atoms with E-state index in [0.29, 0.717) is 27.7 Å². The van der Waals surface area contributed by atoms with Gasteiger partial charge >= 0.3 is 11.9 Å². The summed E-state index contributed by atoms with van der Waals surface area (Å²) in [4.78, 5) is 43.2. The number of aryl methyl sites for hydroxylation is 2. The molecule has 1 amide bonds. The minimum absolute atomic E-state index is 0.124. The number of anilines is 1. The van der Waals surface area contributed by atoms with E-state index >= 15 is 0 Å². The monoisotopic (exact) mass is 488 g/mol. The first-order valence-corrected chi connectivity index (χ1v) is 11.7. The third kappa shape index (κ3) is 4.52. The number of aromatic nitrogens is 1. The Kier molecular flexibility index (Phi) is 6.66. The van der Waals surface area contributed by atoms with Crippen LogP contribution in [0.4, 0.5) is 5.00 Å². The number of hydrogen-bond donors (Lipinski definition) is 1. The highest BCUT2D eigenvalue weighted by Gasteiger charge is 2.27. The molecule has 0 fully saturated rings. The standard InChI is InChI=1S/C27H24N2O5S/c1-14-10-11-17(12-15(14)2)21-13-19(18-8-6-7-9-20(18)28-21)24(30)29-25-22(26(31)33-4)16(3)23(35-25)27(32)34-5/h6-13H,1-5H3,(H,29,30). The summed E-state index contributed by atoms with van der Waals surface area (Å²) in [6, 6.07) is 15.1. The summed E-state index contributed by atoms with van der Waals surface area (Å²) in [7, 11) is 2.50. The van der Waals surface area contributed by atoms with Crippen LogP contribution in [0.3, 0.4) is 0 Å². The fourth-order valence-corrected chi connectivity index (χ4v) is 4.93. The van der Waals surface area contributed by atoms with Gasteiger partial charge in [-0.15, -0.1) is 11.3 Å².